The summed E-state index contributed by atoms with van der Waals surface area (Å²) in [6.45, 7) is 6.21. The molecule has 1 aromatic heterocycles. The quantitative estimate of drug-likeness (QED) is 0.903. The van der Waals surface area contributed by atoms with Crippen molar-refractivity contribution in [3.8, 4) is 0 Å². The lowest BCUT2D eigenvalue weighted by molar-refractivity contribution is 0.425. The van der Waals surface area contributed by atoms with Crippen LogP contribution in [0.3, 0.4) is 0 Å². The van der Waals surface area contributed by atoms with Crippen LogP contribution in [0.4, 0.5) is 5.13 Å². The zero-order chi connectivity index (χ0) is 12.4. The van der Waals surface area contributed by atoms with Gasteiger partial charge in [-0.1, -0.05) is 17.4 Å². The van der Waals surface area contributed by atoms with E-state index in [0.29, 0.717) is 0 Å². The molecule has 1 aromatic carbocycles. The Hall–Kier alpha value is -1.13. The monoisotopic (exact) mass is 249 g/mol. The summed E-state index contributed by atoms with van der Waals surface area (Å²) in [6, 6.07) is 4.39. The van der Waals surface area contributed by atoms with Gasteiger partial charge in [0, 0.05) is 13.1 Å². The number of nitrogens with zero attached hydrogens (tertiary/aromatic N) is 2. The summed E-state index contributed by atoms with van der Waals surface area (Å²) in [6.07, 6.45) is 0. The lowest BCUT2D eigenvalue weighted by Crippen LogP contribution is -2.20. The van der Waals surface area contributed by atoms with E-state index in [1.807, 2.05) is 0 Å². The van der Waals surface area contributed by atoms with E-state index < -0.39 is 0 Å². The van der Waals surface area contributed by atoms with E-state index in [1.165, 1.54) is 15.8 Å². The summed E-state index contributed by atoms with van der Waals surface area (Å²) < 4.78 is 1.27. The van der Waals surface area contributed by atoms with Gasteiger partial charge in [0.2, 0.25) is 0 Å². The van der Waals surface area contributed by atoms with Crippen LogP contribution in [-0.2, 0) is 0 Å². The van der Waals surface area contributed by atoms with Crippen molar-refractivity contribution in [1.82, 2.24) is 9.88 Å². The number of thiazole rings is 1. The van der Waals surface area contributed by atoms with E-state index >= 15 is 0 Å². The van der Waals surface area contributed by atoms with Crippen molar-refractivity contribution in [2.45, 2.75) is 13.8 Å². The molecule has 1 N–H and O–H groups in total. The van der Waals surface area contributed by atoms with Gasteiger partial charge in [-0.25, -0.2) is 4.98 Å². The van der Waals surface area contributed by atoms with Gasteiger partial charge in [-0.15, -0.1) is 0 Å². The van der Waals surface area contributed by atoms with Gasteiger partial charge >= 0.3 is 0 Å². The Kier molecular flexibility index (Phi) is 3.64. The molecule has 0 atom stereocenters. The molecule has 0 aliphatic heterocycles. The minimum atomic E-state index is 0.935. The molecule has 0 saturated carbocycles. The zero-order valence-electron chi connectivity index (χ0n) is 10.9. The molecule has 0 fully saturated rings. The Bertz CT molecular complexity index is 517. The van der Waals surface area contributed by atoms with Crippen molar-refractivity contribution in [2.75, 3.05) is 32.5 Å². The Morgan fingerprint density at radius 2 is 2.06 bits per heavy atom. The van der Waals surface area contributed by atoms with Crippen molar-refractivity contribution in [2.24, 2.45) is 0 Å². The second-order valence-corrected chi connectivity index (χ2v) is 5.71. The molecule has 0 aliphatic carbocycles. The third kappa shape index (κ3) is 2.96. The van der Waals surface area contributed by atoms with Crippen LogP contribution in [0.5, 0.6) is 0 Å². The topological polar surface area (TPSA) is 28.2 Å². The molecule has 1 heterocycles. The van der Waals surface area contributed by atoms with Crippen LogP contribution in [0, 0.1) is 13.8 Å². The largest absolute Gasteiger partial charge is 0.360 e. The molecule has 2 aromatic rings. The summed E-state index contributed by atoms with van der Waals surface area (Å²) in [4.78, 5) is 6.80. The van der Waals surface area contributed by atoms with E-state index in [4.69, 9.17) is 0 Å². The number of rotatable bonds is 4. The Morgan fingerprint density at radius 1 is 1.29 bits per heavy atom. The molecular weight excluding hydrogens is 230 g/mol. The lowest BCUT2D eigenvalue weighted by atomic mass is 10.1. The number of benzene rings is 1. The number of aromatic nitrogens is 1. The zero-order valence-corrected chi connectivity index (χ0v) is 11.7. The highest BCUT2D eigenvalue weighted by Crippen LogP contribution is 2.29. The van der Waals surface area contributed by atoms with Crippen LogP contribution in [0.15, 0.2) is 12.1 Å². The molecule has 4 heteroatoms. The molecule has 0 radical (unpaired) electrons. The van der Waals surface area contributed by atoms with Crippen molar-refractivity contribution in [3.05, 3.63) is 23.3 Å². The SMILES string of the molecule is Cc1cc(C)c2nc(NCCN(C)C)sc2c1. The predicted octanol–water partition coefficient (Wildman–Crippen LogP) is 2.89. The van der Waals surface area contributed by atoms with Crippen LogP contribution in [-0.4, -0.2) is 37.1 Å². The molecule has 3 nitrogen and oxygen atoms in total. The van der Waals surface area contributed by atoms with E-state index in [1.54, 1.807) is 11.3 Å². The maximum Gasteiger partial charge on any atom is 0.183 e. The van der Waals surface area contributed by atoms with Gasteiger partial charge in [0.05, 0.1) is 10.2 Å². The number of anilines is 1. The number of hydrogen-bond acceptors (Lipinski definition) is 4. The molecule has 0 spiro atoms. The number of aryl methyl sites for hydroxylation is 2. The first-order valence-corrected chi connectivity index (χ1v) is 6.64. The molecule has 0 saturated heterocycles. The average molecular weight is 249 g/mol. The van der Waals surface area contributed by atoms with Gasteiger partial charge in [-0.2, -0.15) is 0 Å². The Balaban J connectivity index is 2.17. The minimum Gasteiger partial charge on any atom is -0.360 e. The summed E-state index contributed by atoms with van der Waals surface area (Å²) in [5.41, 5.74) is 3.70. The number of hydrogen-bond donors (Lipinski definition) is 1. The standard InChI is InChI=1S/C13H19N3S/c1-9-7-10(2)12-11(8-9)17-13(15-12)14-5-6-16(3)4/h7-8H,5-6H2,1-4H3,(H,14,15). The fourth-order valence-corrected chi connectivity index (χ4v) is 2.90. The highest BCUT2D eigenvalue weighted by molar-refractivity contribution is 7.22. The Morgan fingerprint density at radius 3 is 2.76 bits per heavy atom. The summed E-state index contributed by atoms with van der Waals surface area (Å²) in [7, 11) is 4.15. The van der Waals surface area contributed by atoms with Gasteiger partial charge < -0.3 is 10.2 Å². The van der Waals surface area contributed by atoms with Gasteiger partial charge in [0.1, 0.15) is 0 Å². The van der Waals surface area contributed by atoms with Crippen LogP contribution in [0.2, 0.25) is 0 Å². The van der Waals surface area contributed by atoms with Gasteiger partial charge in [0.15, 0.2) is 5.13 Å². The molecule has 17 heavy (non-hydrogen) atoms. The molecule has 0 bridgehead atoms. The smallest absolute Gasteiger partial charge is 0.183 e. The summed E-state index contributed by atoms with van der Waals surface area (Å²) in [5, 5.41) is 4.40. The van der Waals surface area contributed by atoms with Crippen molar-refractivity contribution in [3.63, 3.8) is 0 Å². The predicted molar refractivity (Wildman–Crippen MR) is 76.1 cm³/mol. The minimum absolute atomic E-state index is 0.935. The van der Waals surface area contributed by atoms with E-state index in [0.717, 1.165) is 23.7 Å². The van der Waals surface area contributed by atoms with Gasteiger partial charge in [-0.3, -0.25) is 0 Å². The highest BCUT2D eigenvalue weighted by Gasteiger charge is 2.06. The Labute approximate surface area is 106 Å². The maximum absolute atomic E-state index is 4.64. The molecule has 0 unspecified atom stereocenters. The third-order valence-electron chi connectivity index (χ3n) is 2.67. The van der Waals surface area contributed by atoms with Crippen LogP contribution in [0.1, 0.15) is 11.1 Å². The van der Waals surface area contributed by atoms with Gasteiger partial charge in [-0.05, 0) is 45.1 Å². The second kappa shape index (κ2) is 5.02. The van der Waals surface area contributed by atoms with Crippen molar-refractivity contribution in [1.29, 1.82) is 0 Å². The molecule has 0 amide bonds. The average Bonchev–Trinajstić information content (AvgIpc) is 2.60. The summed E-state index contributed by atoms with van der Waals surface area (Å²) >= 11 is 1.74. The first kappa shape index (κ1) is 12.3. The second-order valence-electron chi connectivity index (χ2n) is 4.68. The van der Waals surface area contributed by atoms with Gasteiger partial charge in [0.25, 0.3) is 0 Å². The summed E-state index contributed by atoms with van der Waals surface area (Å²) in [5.74, 6) is 0. The highest BCUT2D eigenvalue weighted by atomic mass is 32.1. The van der Waals surface area contributed by atoms with Crippen LogP contribution >= 0.6 is 11.3 Å². The lowest BCUT2D eigenvalue weighted by Gasteiger charge is -2.08. The van der Waals surface area contributed by atoms with Crippen molar-refractivity contribution >= 4 is 26.7 Å². The van der Waals surface area contributed by atoms with E-state index in [-0.39, 0.29) is 0 Å². The maximum atomic E-state index is 4.64. The van der Waals surface area contributed by atoms with E-state index in [2.05, 4.69) is 55.3 Å². The first-order valence-electron chi connectivity index (χ1n) is 5.82. The molecular formula is C13H19N3S. The fraction of sp³-hybridized carbons (Fsp3) is 0.462. The molecule has 2 rings (SSSR count). The van der Waals surface area contributed by atoms with Crippen molar-refractivity contribution < 1.29 is 0 Å². The number of likely N-dealkylation sites (N-methyl/N-ethyl adjacent to an activating group) is 1. The number of fused-ring (bicyclic) bond motifs is 1. The fourth-order valence-electron chi connectivity index (χ4n) is 1.83. The van der Waals surface area contributed by atoms with E-state index in [9.17, 15) is 0 Å². The van der Waals surface area contributed by atoms with Crippen LogP contribution in [0.25, 0.3) is 10.2 Å². The molecule has 0 aliphatic rings. The molecule has 92 valence electrons. The normalized spacial score (nSPS) is 11.4. The third-order valence-corrected chi connectivity index (χ3v) is 3.63. The van der Waals surface area contributed by atoms with Crippen LogP contribution < -0.4 is 5.32 Å². The number of nitrogens with one attached hydrogen (secondary N) is 1. The first-order chi connectivity index (χ1) is 8.06.